The second-order valence-corrected chi connectivity index (χ2v) is 5.81. The number of hydrogen-bond acceptors (Lipinski definition) is 2. The molecule has 1 rings (SSSR count). The normalized spacial score (nSPS) is 13.1. The van der Waals surface area contributed by atoms with Gasteiger partial charge in [0.2, 0.25) is 0 Å². The van der Waals surface area contributed by atoms with Gasteiger partial charge in [0.15, 0.2) is 0 Å². The van der Waals surface area contributed by atoms with E-state index in [1.54, 1.807) is 0 Å². The summed E-state index contributed by atoms with van der Waals surface area (Å²) in [4.78, 5) is 0. The molecule has 20 heavy (non-hydrogen) atoms. The number of rotatable bonds is 11. The van der Waals surface area contributed by atoms with Gasteiger partial charge in [-0.05, 0) is 38.1 Å². The van der Waals surface area contributed by atoms with Crippen LogP contribution < -0.4 is 5.32 Å². The predicted molar refractivity (Wildman–Crippen MR) is 86.9 cm³/mol. The monoisotopic (exact) mass is 279 g/mol. The number of aromatic nitrogens is 2. The summed E-state index contributed by atoms with van der Waals surface area (Å²) in [5, 5.41) is 8.27. The van der Waals surface area contributed by atoms with E-state index in [-0.39, 0.29) is 0 Å². The van der Waals surface area contributed by atoms with Gasteiger partial charge in [-0.25, -0.2) is 0 Å². The molecule has 0 fully saturated rings. The van der Waals surface area contributed by atoms with Crippen LogP contribution in [0.2, 0.25) is 0 Å². The molecule has 0 aromatic carbocycles. The quantitative estimate of drug-likeness (QED) is 0.644. The molecule has 0 saturated carbocycles. The molecule has 1 aromatic heterocycles. The molecule has 1 aromatic rings. The van der Waals surface area contributed by atoms with E-state index in [4.69, 9.17) is 0 Å². The van der Waals surface area contributed by atoms with Crippen molar-refractivity contribution in [3.63, 3.8) is 0 Å². The van der Waals surface area contributed by atoms with Crippen LogP contribution in [-0.4, -0.2) is 16.3 Å². The summed E-state index contributed by atoms with van der Waals surface area (Å²) in [5.74, 6) is 0.732. The van der Waals surface area contributed by atoms with Crippen LogP contribution in [0.25, 0.3) is 0 Å². The van der Waals surface area contributed by atoms with E-state index in [9.17, 15) is 0 Å². The topological polar surface area (TPSA) is 29.9 Å². The summed E-state index contributed by atoms with van der Waals surface area (Å²) in [6.45, 7) is 11.1. The second-order valence-electron chi connectivity index (χ2n) is 5.81. The Labute approximate surface area is 125 Å². The first-order valence-corrected chi connectivity index (χ1v) is 8.52. The molecule has 3 heteroatoms. The van der Waals surface area contributed by atoms with Crippen molar-refractivity contribution in [3.05, 3.63) is 18.0 Å². The Kier molecular flexibility index (Phi) is 8.59. The third-order valence-electron chi connectivity index (χ3n) is 3.87. The fourth-order valence-electron chi connectivity index (χ4n) is 2.97. The molecule has 0 aliphatic carbocycles. The van der Waals surface area contributed by atoms with Gasteiger partial charge in [0.1, 0.15) is 0 Å². The molecule has 0 radical (unpaired) electrons. The third-order valence-corrected chi connectivity index (χ3v) is 3.87. The van der Waals surface area contributed by atoms with Gasteiger partial charge in [-0.1, -0.05) is 40.5 Å². The van der Waals surface area contributed by atoms with Crippen LogP contribution in [0.3, 0.4) is 0 Å². The van der Waals surface area contributed by atoms with Crippen LogP contribution in [0.5, 0.6) is 0 Å². The minimum absolute atomic E-state index is 0.473. The highest BCUT2D eigenvalue weighted by Crippen LogP contribution is 2.29. The van der Waals surface area contributed by atoms with Crippen molar-refractivity contribution < 1.29 is 0 Å². The summed E-state index contributed by atoms with van der Waals surface area (Å²) in [6, 6.07) is 0.473. The van der Waals surface area contributed by atoms with Gasteiger partial charge in [0.25, 0.3) is 0 Å². The fraction of sp³-hybridized carbons (Fsp3) is 0.824. The molecule has 1 heterocycles. The lowest BCUT2D eigenvalue weighted by Crippen LogP contribution is -2.29. The van der Waals surface area contributed by atoms with Gasteiger partial charge in [0.05, 0.1) is 6.20 Å². The third kappa shape index (κ3) is 5.28. The highest BCUT2D eigenvalue weighted by atomic mass is 15.3. The van der Waals surface area contributed by atoms with E-state index < -0.39 is 0 Å². The number of nitrogens with one attached hydrogen (secondary N) is 1. The molecule has 1 atom stereocenters. The molecule has 1 N–H and O–H groups in total. The van der Waals surface area contributed by atoms with E-state index in [1.807, 2.05) is 0 Å². The van der Waals surface area contributed by atoms with Gasteiger partial charge < -0.3 is 5.32 Å². The van der Waals surface area contributed by atoms with E-state index in [0.29, 0.717) is 6.04 Å². The zero-order valence-corrected chi connectivity index (χ0v) is 13.9. The summed E-state index contributed by atoms with van der Waals surface area (Å²) in [7, 11) is 0. The summed E-state index contributed by atoms with van der Waals surface area (Å²) in [5.41, 5.74) is 1.37. The highest BCUT2D eigenvalue weighted by Gasteiger charge is 2.22. The molecular formula is C17H33N3. The van der Waals surface area contributed by atoms with Gasteiger partial charge >= 0.3 is 0 Å². The van der Waals surface area contributed by atoms with Crippen molar-refractivity contribution in [3.8, 4) is 0 Å². The van der Waals surface area contributed by atoms with Gasteiger partial charge in [-0.15, -0.1) is 0 Å². The standard InChI is InChI=1S/C17H33N3/c1-5-9-15(10-6-2)17(18-11-7-3)16-13-19-20(14-16)12-8-4/h13-15,17-18H,5-12H2,1-4H3. The van der Waals surface area contributed by atoms with Crippen LogP contribution in [0.15, 0.2) is 12.4 Å². The lowest BCUT2D eigenvalue weighted by atomic mass is 9.87. The van der Waals surface area contributed by atoms with Gasteiger partial charge in [0, 0.05) is 24.3 Å². The number of nitrogens with zero attached hydrogens (tertiary/aromatic N) is 2. The van der Waals surface area contributed by atoms with Crippen molar-refractivity contribution in [2.45, 2.75) is 78.8 Å². The SMILES string of the molecule is CCCNC(c1cnn(CCC)c1)C(CCC)CCC. The van der Waals surface area contributed by atoms with Crippen LogP contribution >= 0.6 is 0 Å². The molecule has 0 amide bonds. The van der Waals surface area contributed by atoms with E-state index in [2.05, 4.69) is 55.2 Å². The van der Waals surface area contributed by atoms with Crippen molar-refractivity contribution in [1.29, 1.82) is 0 Å². The maximum Gasteiger partial charge on any atom is 0.0537 e. The largest absolute Gasteiger partial charge is 0.310 e. The van der Waals surface area contributed by atoms with Crippen LogP contribution in [0.1, 0.15) is 77.8 Å². The molecule has 116 valence electrons. The Bertz CT molecular complexity index is 340. The smallest absolute Gasteiger partial charge is 0.0537 e. The second kappa shape index (κ2) is 9.98. The zero-order valence-electron chi connectivity index (χ0n) is 13.9. The first-order valence-electron chi connectivity index (χ1n) is 8.52. The first-order chi connectivity index (χ1) is 9.76. The van der Waals surface area contributed by atoms with Crippen molar-refractivity contribution in [2.24, 2.45) is 5.92 Å². The Balaban J connectivity index is 2.83. The number of aryl methyl sites for hydroxylation is 1. The minimum atomic E-state index is 0.473. The lowest BCUT2D eigenvalue weighted by Gasteiger charge is -2.27. The summed E-state index contributed by atoms with van der Waals surface area (Å²) in [6.07, 6.45) is 11.8. The van der Waals surface area contributed by atoms with Gasteiger partial charge in [-0.3, -0.25) is 4.68 Å². The highest BCUT2D eigenvalue weighted by molar-refractivity contribution is 5.12. The van der Waals surface area contributed by atoms with Gasteiger partial charge in [-0.2, -0.15) is 5.10 Å². The fourth-order valence-corrected chi connectivity index (χ4v) is 2.97. The Morgan fingerprint density at radius 1 is 1.05 bits per heavy atom. The van der Waals surface area contributed by atoms with Crippen molar-refractivity contribution >= 4 is 0 Å². The average Bonchev–Trinajstić information content (AvgIpc) is 2.88. The van der Waals surface area contributed by atoms with E-state index in [1.165, 1.54) is 37.7 Å². The van der Waals surface area contributed by atoms with Crippen molar-refractivity contribution in [1.82, 2.24) is 15.1 Å². The van der Waals surface area contributed by atoms with E-state index >= 15 is 0 Å². The van der Waals surface area contributed by atoms with E-state index in [0.717, 1.165) is 25.4 Å². The molecular weight excluding hydrogens is 246 g/mol. The lowest BCUT2D eigenvalue weighted by molar-refractivity contribution is 0.316. The Hall–Kier alpha value is -0.830. The minimum Gasteiger partial charge on any atom is -0.310 e. The van der Waals surface area contributed by atoms with Crippen LogP contribution in [-0.2, 0) is 6.54 Å². The molecule has 0 aliphatic rings. The number of hydrogen-bond donors (Lipinski definition) is 1. The Morgan fingerprint density at radius 2 is 1.75 bits per heavy atom. The summed E-state index contributed by atoms with van der Waals surface area (Å²) >= 11 is 0. The van der Waals surface area contributed by atoms with Crippen LogP contribution in [0.4, 0.5) is 0 Å². The molecule has 1 unspecified atom stereocenters. The molecule has 0 saturated heterocycles. The molecule has 0 aliphatic heterocycles. The predicted octanol–water partition coefficient (Wildman–Crippen LogP) is 4.55. The molecule has 0 bridgehead atoms. The maximum atomic E-state index is 4.51. The molecule has 3 nitrogen and oxygen atoms in total. The molecule has 0 spiro atoms. The van der Waals surface area contributed by atoms with Crippen molar-refractivity contribution in [2.75, 3.05) is 6.54 Å². The van der Waals surface area contributed by atoms with Crippen LogP contribution in [0, 0.1) is 5.92 Å². The maximum absolute atomic E-state index is 4.51. The average molecular weight is 279 g/mol. The first kappa shape index (κ1) is 17.2. The zero-order chi connectivity index (χ0) is 14.8. The summed E-state index contributed by atoms with van der Waals surface area (Å²) < 4.78 is 2.09. The Morgan fingerprint density at radius 3 is 2.30 bits per heavy atom.